The fourth-order valence-electron chi connectivity index (χ4n) is 2.31. The van der Waals surface area contributed by atoms with Crippen LogP contribution in [0, 0.1) is 13.8 Å². The number of pyridine rings is 1. The number of hydrogen-bond donors (Lipinski definition) is 1. The van der Waals surface area contributed by atoms with Gasteiger partial charge in [0.25, 0.3) is 0 Å². The van der Waals surface area contributed by atoms with Crippen molar-refractivity contribution in [2.75, 3.05) is 13.1 Å². The third-order valence-electron chi connectivity index (χ3n) is 3.99. The topological polar surface area (TPSA) is 79.4 Å². The van der Waals surface area contributed by atoms with Crippen LogP contribution in [0.2, 0.25) is 0 Å². The summed E-state index contributed by atoms with van der Waals surface area (Å²) in [5.74, 6) is -0.129. The lowest BCUT2D eigenvalue weighted by Gasteiger charge is -2.21. The molecule has 2 rings (SSSR count). The van der Waals surface area contributed by atoms with Crippen molar-refractivity contribution >= 4 is 15.9 Å². The minimum Gasteiger partial charge on any atom is -0.336 e. The Labute approximate surface area is 148 Å². The van der Waals surface area contributed by atoms with E-state index in [4.69, 9.17) is 0 Å². The molecule has 0 aliphatic rings. The molecule has 1 aromatic heterocycles. The largest absolute Gasteiger partial charge is 0.336 e. The first-order chi connectivity index (χ1) is 11.8. The van der Waals surface area contributed by atoms with Crippen LogP contribution in [0.1, 0.15) is 23.7 Å². The van der Waals surface area contributed by atoms with Crippen LogP contribution in [0.4, 0.5) is 0 Å². The summed E-state index contributed by atoms with van der Waals surface area (Å²) in [5.41, 5.74) is 2.72. The molecule has 2 aromatic rings. The van der Waals surface area contributed by atoms with E-state index >= 15 is 0 Å². The first-order valence-electron chi connectivity index (χ1n) is 8.02. The quantitative estimate of drug-likeness (QED) is 0.818. The molecule has 0 aliphatic heterocycles. The van der Waals surface area contributed by atoms with Crippen LogP contribution in [0.15, 0.2) is 47.5 Å². The first kappa shape index (κ1) is 19.1. The lowest BCUT2D eigenvalue weighted by molar-refractivity contribution is -0.129. The summed E-state index contributed by atoms with van der Waals surface area (Å²) in [5, 5.41) is 0. The summed E-state index contributed by atoms with van der Waals surface area (Å²) in [6, 6.07) is 10.5. The normalized spacial score (nSPS) is 11.3. The molecule has 25 heavy (non-hydrogen) atoms. The van der Waals surface area contributed by atoms with E-state index in [-0.39, 0.29) is 23.9 Å². The maximum Gasteiger partial charge on any atom is 0.240 e. The van der Waals surface area contributed by atoms with Crippen molar-refractivity contribution < 1.29 is 13.2 Å². The van der Waals surface area contributed by atoms with Crippen molar-refractivity contribution in [1.29, 1.82) is 0 Å². The van der Waals surface area contributed by atoms with Crippen LogP contribution >= 0.6 is 0 Å². The van der Waals surface area contributed by atoms with Gasteiger partial charge in [-0.05, 0) is 49.2 Å². The van der Waals surface area contributed by atoms with E-state index in [0.717, 1.165) is 16.8 Å². The molecule has 0 atom stereocenters. The Morgan fingerprint density at radius 3 is 2.52 bits per heavy atom. The maximum absolute atomic E-state index is 12.4. The number of nitrogens with zero attached hydrogens (tertiary/aromatic N) is 2. The van der Waals surface area contributed by atoms with Crippen molar-refractivity contribution in [3.63, 3.8) is 0 Å². The van der Waals surface area contributed by atoms with E-state index in [0.29, 0.717) is 6.54 Å². The molecule has 1 N–H and O–H groups in total. The van der Waals surface area contributed by atoms with Crippen LogP contribution < -0.4 is 4.72 Å². The average molecular weight is 361 g/mol. The van der Waals surface area contributed by atoms with Crippen molar-refractivity contribution in [1.82, 2.24) is 14.6 Å². The van der Waals surface area contributed by atoms with Crippen molar-refractivity contribution in [3.8, 4) is 0 Å². The molecule has 134 valence electrons. The molecular formula is C18H23N3O3S. The molecule has 0 saturated carbocycles. The van der Waals surface area contributed by atoms with Gasteiger partial charge < -0.3 is 4.90 Å². The Morgan fingerprint density at radius 2 is 1.92 bits per heavy atom. The van der Waals surface area contributed by atoms with Gasteiger partial charge in [0.2, 0.25) is 15.9 Å². The second-order valence-corrected chi connectivity index (χ2v) is 7.67. The van der Waals surface area contributed by atoms with E-state index < -0.39 is 10.0 Å². The van der Waals surface area contributed by atoms with Gasteiger partial charge in [0.1, 0.15) is 0 Å². The molecule has 1 amide bonds. The second kappa shape index (κ2) is 8.22. The molecule has 0 unspecified atom stereocenters. The van der Waals surface area contributed by atoms with Crippen molar-refractivity contribution in [2.24, 2.45) is 0 Å². The third kappa shape index (κ3) is 5.37. The highest BCUT2D eigenvalue weighted by atomic mass is 32.2. The van der Waals surface area contributed by atoms with Crippen molar-refractivity contribution in [2.45, 2.75) is 32.2 Å². The molecule has 7 heteroatoms. The number of benzene rings is 1. The molecule has 0 saturated heterocycles. The Bertz CT molecular complexity index is 836. The van der Waals surface area contributed by atoms with Crippen LogP contribution in [-0.4, -0.2) is 37.3 Å². The molecular weight excluding hydrogens is 338 g/mol. The monoisotopic (exact) mass is 361 g/mol. The van der Waals surface area contributed by atoms with E-state index in [9.17, 15) is 13.2 Å². The van der Waals surface area contributed by atoms with Crippen LogP contribution in [0.25, 0.3) is 0 Å². The summed E-state index contributed by atoms with van der Waals surface area (Å²) in [4.78, 5) is 17.8. The van der Waals surface area contributed by atoms with Crippen LogP contribution in [0.5, 0.6) is 0 Å². The Kier molecular flexibility index (Phi) is 6.27. The summed E-state index contributed by atoms with van der Waals surface area (Å²) in [6.07, 6.45) is 1.66. The lowest BCUT2D eigenvalue weighted by atomic mass is 10.1. The molecule has 0 spiro atoms. The molecule has 0 radical (unpaired) electrons. The van der Waals surface area contributed by atoms with Gasteiger partial charge in [-0.2, -0.15) is 0 Å². The van der Waals surface area contributed by atoms with Crippen molar-refractivity contribution in [3.05, 3.63) is 59.4 Å². The number of amides is 1. The van der Waals surface area contributed by atoms with Gasteiger partial charge in [-0.3, -0.25) is 9.78 Å². The average Bonchev–Trinajstić information content (AvgIpc) is 2.57. The zero-order valence-electron chi connectivity index (χ0n) is 14.7. The Hall–Kier alpha value is -2.25. The number of rotatable bonds is 7. The van der Waals surface area contributed by atoms with E-state index in [1.165, 1.54) is 6.92 Å². The zero-order chi connectivity index (χ0) is 18.4. The number of hydrogen-bond acceptors (Lipinski definition) is 4. The zero-order valence-corrected chi connectivity index (χ0v) is 15.5. The molecule has 1 aromatic carbocycles. The third-order valence-corrected chi connectivity index (χ3v) is 5.45. The number of aryl methyl sites for hydroxylation is 2. The highest BCUT2D eigenvalue weighted by Gasteiger charge is 2.16. The SMILES string of the molecule is CC(=O)N(CCNS(=O)(=O)c1ccc(C)c(C)c1)Cc1ccccn1. The smallest absolute Gasteiger partial charge is 0.240 e. The fourth-order valence-corrected chi connectivity index (χ4v) is 3.42. The minimum absolute atomic E-state index is 0.129. The number of nitrogens with one attached hydrogen (secondary N) is 1. The summed E-state index contributed by atoms with van der Waals surface area (Å²) in [7, 11) is -3.60. The first-order valence-corrected chi connectivity index (χ1v) is 9.50. The molecule has 0 bridgehead atoms. The van der Waals surface area contributed by atoms with Gasteiger partial charge >= 0.3 is 0 Å². The predicted octanol–water partition coefficient (Wildman–Crippen LogP) is 2.03. The number of carbonyl (C=O) groups excluding carboxylic acids is 1. The van der Waals surface area contributed by atoms with E-state index in [2.05, 4.69) is 9.71 Å². The van der Waals surface area contributed by atoms with E-state index in [1.807, 2.05) is 26.0 Å². The van der Waals surface area contributed by atoms with Gasteiger partial charge in [-0.15, -0.1) is 0 Å². The van der Waals surface area contributed by atoms with Crippen LogP contribution in [-0.2, 0) is 21.4 Å². The van der Waals surface area contributed by atoms with E-state index in [1.54, 1.807) is 35.4 Å². The summed E-state index contributed by atoms with van der Waals surface area (Å²) >= 11 is 0. The van der Waals surface area contributed by atoms with Gasteiger partial charge in [0.05, 0.1) is 17.1 Å². The van der Waals surface area contributed by atoms with Gasteiger partial charge in [-0.1, -0.05) is 12.1 Å². The Balaban J connectivity index is 1.98. The lowest BCUT2D eigenvalue weighted by Crippen LogP contribution is -2.37. The standard InChI is InChI=1S/C18H23N3O3S/c1-14-7-8-18(12-15(14)2)25(23,24)20-10-11-21(16(3)22)13-17-6-4-5-9-19-17/h4-9,12,20H,10-11,13H2,1-3H3. The van der Waals surface area contributed by atoms with Gasteiger partial charge in [-0.25, -0.2) is 13.1 Å². The van der Waals surface area contributed by atoms with Gasteiger partial charge in [0.15, 0.2) is 0 Å². The van der Waals surface area contributed by atoms with Crippen LogP contribution in [0.3, 0.4) is 0 Å². The molecule has 0 fully saturated rings. The Morgan fingerprint density at radius 1 is 1.16 bits per heavy atom. The predicted molar refractivity (Wildman–Crippen MR) is 96.4 cm³/mol. The number of carbonyl (C=O) groups is 1. The highest BCUT2D eigenvalue weighted by Crippen LogP contribution is 2.14. The molecule has 1 heterocycles. The van der Waals surface area contributed by atoms with Gasteiger partial charge in [0, 0.05) is 26.2 Å². The highest BCUT2D eigenvalue weighted by molar-refractivity contribution is 7.89. The molecule has 6 nitrogen and oxygen atoms in total. The fraction of sp³-hybridized carbons (Fsp3) is 0.333. The molecule has 0 aliphatic carbocycles. The summed E-state index contributed by atoms with van der Waals surface area (Å²) in [6.45, 7) is 6.03. The number of sulfonamides is 1. The maximum atomic E-state index is 12.4. The second-order valence-electron chi connectivity index (χ2n) is 5.91. The summed E-state index contributed by atoms with van der Waals surface area (Å²) < 4.78 is 27.3. The minimum atomic E-state index is -3.60. The number of aromatic nitrogens is 1.